The van der Waals surface area contributed by atoms with Crippen molar-refractivity contribution in [3.8, 4) is 0 Å². The van der Waals surface area contributed by atoms with Crippen LogP contribution in [0.4, 0.5) is 10.1 Å². The van der Waals surface area contributed by atoms with Gasteiger partial charge in [0.25, 0.3) is 0 Å². The number of sulfonamides is 2. The summed E-state index contributed by atoms with van der Waals surface area (Å²) in [6, 6.07) is 2.11. The van der Waals surface area contributed by atoms with Gasteiger partial charge in [-0.05, 0) is 18.6 Å². The van der Waals surface area contributed by atoms with E-state index in [1.807, 2.05) is 4.72 Å². The van der Waals surface area contributed by atoms with Gasteiger partial charge < -0.3 is 0 Å². The third-order valence-electron chi connectivity index (χ3n) is 2.32. The van der Waals surface area contributed by atoms with Crippen molar-refractivity contribution >= 4 is 25.7 Å². The largest absolute Gasteiger partial charge is 0.306 e. The Hall–Kier alpha value is -1.63. The highest BCUT2D eigenvalue weighted by atomic mass is 32.2. The molecule has 1 aromatic rings. The monoisotopic (exact) mass is 341 g/mol. The van der Waals surface area contributed by atoms with Gasteiger partial charge in [-0.25, -0.2) is 26.7 Å². The number of hydrogen-bond acceptors (Lipinski definition) is 6. The Morgan fingerprint density at radius 3 is 2.43 bits per heavy atom. The molecule has 12 heteroatoms. The van der Waals surface area contributed by atoms with Crippen molar-refractivity contribution in [2.75, 3.05) is 12.3 Å². The van der Waals surface area contributed by atoms with Crippen molar-refractivity contribution in [3.63, 3.8) is 0 Å². The van der Waals surface area contributed by atoms with Gasteiger partial charge in [-0.1, -0.05) is 0 Å². The molecule has 0 aliphatic carbocycles. The highest BCUT2D eigenvalue weighted by Crippen LogP contribution is 2.21. The molecule has 0 heterocycles. The van der Waals surface area contributed by atoms with Crippen molar-refractivity contribution in [2.24, 2.45) is 5.14 Å². The number of nitrogens with two attached hydrogens (primary N) is 1. The molecule has 0 saturated carbocycles. The van der Waals surface area contributed by atoms with Gasteiger partial charge in [-0.15, -0.1) is 0 Å². The predicted molar refractivity (Wildman–Crippen MR) is 70.8 cm³/mol. The molecule has 1 rings (SSSR count). The molecule has 0 amide bonds. The first-order valence-electron chi connectivity index (χ1n) is 5.47. The van der Waals surface area contributed by atoms with Gasteiger partial charge in [-0.2, -0.15) is 4.39 Å². The quantitative estimate of drug-likeness (QED) is 0.394. The van der Waals surface area contributed by atoms with E-state index in [0.29, 0.717) is 12.1 Å². The minimum absolute atomic E-state index is 0.0681. The normalized spacial score (nSPS) is 12.3. The van der Waals surface area contributed by atoms with Crippen LogP contribution in [-0.2, 0) is 20.0 Å². The smallest absolute Gasteiger partial charge is 0.258 e. The number of rotatable bonds is 7. The van der Waals surface area contributed by atoms with Crippen LogP contribution in [0.25, 0.3) is 0 Å². The van der Waals surface area contributed by atoms with E-state index in [0.717, 1.165) is 6.07 Å². The van der Waals surface area contributed by atoms with Crippen LogP contribution < -0.4 is 9.86 Å². The van der Waals surface area contributed by atoms with Gasteiger partial charge in [0.1, 0.15) is 0 Å². The second-order valence-corrected chi connectivity index (χ2v) is 7.49. The van der Waals surface area contributed by atoms with Crippen LogP contribution >= 0.6 is 0 Å². The maximum Gasteiger partial charge on any atom is 0.306 e. The zero-order chi connectivity index (χ0) is 16.3. The van der Waals surface area contributed by atoms with Crippen LogP contribution in [0.2, 0.25) is 0 Å². The zero-order valence-electron chi connectivity index (χ0n) is 10.5. The van der Waals surface area contributed by atoms with Gasteiger partial charge in [0.05, 0.1) is 15.6 Å². The Balaban J connectivity index is 2.84. The average molecular weight is 341 g/mol. The lowest BCUT2D eigenvalue weighted by molar-refractivity contribution is -0.387. The maximum absolute atomic E-state index is 13.1. The Kier molecular flexibility index (Phi) is 5.33. The minimum atomic E-state index is -4.11. The number of primary sulfonamides is 1. The fourth-order valence-corrected chi connectivity index (χ4v) is 3.00. The molecule has 118 valence electrons. The van der Waals surface area contributed by atoms with E-state index in [-0.39, 0.29) is 13.0 Å². The van der Waals surface area contributed by atoms with Crippen molar-refractivity contribution in [1.82, 2.24) is 4.72 Å². The van der Waals surface area contributed by atoms with Gasteiger partial charge >= 0.3 is 5.69 Å². The summed E-state index contributed by atoms with van der Waals surface area (Å²) in [4.78, 5) is 9.00. The number of hydrogen-bond donors (Lipinski definition) is 2. The molecule has 0 aliphatic heterocycles. The number of nitrogens with one attached hydrogen (secondary N) is 1. The number of halogens is 1. The van der Waals surface area contributed by atoms with Gasteiger partial charge in [0.2, 0.25) is 25.9 Å². The lowest BCUT2D eigenvalue weighted by atomic mass is 10.3. The molecule has 0 aromatic heterocycles. The lowest BCUT2D eigenvalue weighted by Crippen LogP contribution is -2.27. The van der Waals surface area contributed by atoms with Gasteiger partial charge in [-0.3, -0.25) is 10.1 Å². The topological polar surface area (TPSA) is 149 Å². The van der Waals surface area contributed by atoms with E-state index in [1.165, 1.54) is 0 Å². The molecule has 0 unspecified atom stereocenters. The highest BCUT2D eigenvalue weighted by molar-refractivity contribution is 7.89. The molecule has 21 heavy (non-hydrogen) atoms. The average Bonchev–Trinajstić information content (AvgIpc) is 2.33. The molecule has 0 atom stereocenters. The van der Waals surface area contributed by atoms with Gasteiger partial charge in [0.15, 0.2) is 0 Å². The van der Waals surface area contributed by atoms with E-state index >= 15 is 0 Å². The van der Waals surface area contributed by atoms with E-state index in [9.17, 15) is 31.3 Å². The van der Waals surface area contributed by atoms with Crippen LogP contribution in [0.15, 0.2) is 23.1 Å². The molecular formula is C9H12FN3O6S2. The van der Waals surface area contributed by atoms with Crippen molar-refractivity contribution in [1.29, 1.82) is 0 Å². The molecule has 0 spiro atoms. The number of nitro groups is 1. The second kappa shape index (κ2) is 6.43. The standard InChI is InChI=1S/C9H12FN3O6S2/c10-8-3-2-7(6-9(8)13(14)15)21(18,19)12-4-1-5-20(11,16)17/h2-3,6,12H,1,4-5H2,(H2,11,16,17). The Labute approximate surface area is 120 Å². The summed E-state index contributed by atoms with van der Waals surface area (Å²) in [5, 5.41) is 15.3. The highest BCUT2D eigenvalue weighted by Gasteiger charge is 2.21. The number of nitrogens with zero attached hydrogens (tertiary/aromatic N) is 1. The molecule has 0 radical (unpaired) electrons. The Morgan fingerprint density at radius 1 is 1.29 bits per heavy atom. The van der Waals surface area contributed by atoms with Crippen LogP contribution in [-0.4, -0.2) is 34.1 Å². The molecule has 1 aromatic carbocycles. The minimum Gasteiger partial charge on any atom is -0.258 e. The van der Waals surface area contributed by atoms with E-state index in [1.54, 1.807) is 0 Å². The molecular weight excluding hydrogens is 329 g/mol. The summed E-state index contributed by atoms with van der Waals surface area (Å²) in [5.41, 5.74) is -0.970. The fourth-order valence-electron chi connectivity index (χ4n) is 1.36. The lowest BCUT2D eigenvalue weighted by Gasteiger charge is -2.06. The van der Waals surface area contributed by atoms with Crippen LogP contribution in [0.3, 0.4) is 0 Å². The van der Waals surface area contributed by atoms with Crippen molar-refractivity contribution in [2.45, 2.75) is 11.3 Å². The number of nitro benzene ring substituents is 1. The van der Waals surface area contributed by atoms with Crippen LogP contribution in [0, 0.1) is 15.9 Å². The predicted octanol–water partition coefficient (Wildman–Crippen LogP) is -0.309. The summed E-state index contributed by atoms with van der Waals surface area (Å²) in [7, 11) is -7.81. The summed E-state index contributed by atoms with van der Waals surface area (Å²) in [5.74, 6) is -1.58. The van der Waals surface area contributed by atoms with Crippen molar-refractivity contribution in [3.05, 3.63) is 34.1 Å². The number of benzene rings is 1. The fraction of sp³-hybridized carbons (Fsp3) is 0.333. The first-order valence-corrected chi connectivity index (χ1v) is 8.67. The van der Waals surface area contributed by atoms with E-state index in [2.05, 4.69) is 0 Å². The van der Waals surface area contributed by atoms with Crippen molar-refractivity contribution < 1.29 is 26.1 Å². The summed E-state index contributed by atoms with van der Waals surface area (Å²) >= 11 is 0. The third kappa shape index (κ3) is 5.34. The molecule has 0 aliphatic rings. The van der Waals surface area contributed by atoms with Gasteiger partial charge in [0, 0.05) is 12.6 Å². The van der Waals surface area contributed by atoms with E-state index < -0.39 is 47.1 Å². The first kappa shape index (κ1) is 17.4. The molecule has 0 fully saturated rings. The maximum atomic E-state index is 13.1. The van der Waals surface area contributed by atoms with E-state index in [4.69, 9.17) is 5.14 Å². The molecule has 3 N–H and O–H groups in total. The Bertz CT molecular complexity index is 747. The zero-order valence-corrected chi connectivity index (χ0v) is 12.2. The van der Waals surface area contributed by atoms with Crippen LogP contribution in [0.5, 0.6) is 0 Å². The summed E-state index contributed by atoms with van der Waals surface area (Å²) in [6.07, 6.45) is -0.0681. The molecule has 9 nitrogen and oxygen atoms in total. The van der Waals surface area contributed by atoms with Crippen LogP contribution in [0.1, 0.15) is 6.42 Å². The summed E-state index contributed by atoms with van der Waals surface area (Å²) < 4.78 is 60.1. The SMILES string of the molecule is NS(=O)(=O)CCCNS(=O)(=O)c1ccc(F)c([N+](=O)[O-])c1. The molecule has 0 bridgehead atoms. The Morgan fingerprint density at radius 2 is 1.90 bits per heavy atom. The first-order chi connectivity index (χ1) is 9.53. The summed E-state index contributed by atoms with van der Waals surface area (Å²) in [6.45, 7) is -0.232. The molecule has 0 saturated heterocycles. The third-order valence-corrected chi connectivity index (χ3v) is 4.64. The second-order valence-electron chi connectivity index (χ2n) is 3.99.